The second-order valence-electron chi connectivity index (χ2n) is 16.1. The van der Waals surface area contributed by atoms with Gasteiger partial charge in [0.2, 0.25) is 0 Å². The first-order chi connectivity index (χ1) is 19.3. The second kappa shape index (κ2) is 11.5. The van der Waals surface area contributed by atoms with Crippen LogP contribution in [-0.4, -0.2) is 22.5 Å². The van der Waals surface area contributed by atoms with E-state index in [1.54, 1.807) is 6.92 Å². The van der Waals surface area contributed by atoms with Gasteiger partial charge in [0, 0.05) is 17.8 Å². The third-order valence-corrected chi connectivity index (χ3v) is 8.31. The molecule has 0 fully saturated rings. The van der Waals surface area contributed by atoms with Crippen molar-refractivity contribution in [2.45, 2.75) is 123 Å². The van der Waals surface area contributed by atoms with E-state index in [0.717, 1.165) is 28.3 Å². The molecule has 2 N–H and O–H groups in total. The third-order valence-electron chi connectivity index (χ3n) is 8.31. The summed E-state index contributed by atoms with van der Waals surface area (Å²) in [6.45, 7) is 27.6. The molecule has 0 saturated heterocycles. The molecule has 3 nitrogen and oxygen atoms in total. The van der Waals surface area contributed by atoms with Crippen molar-refractivity contribution in [2.24, 2.45) is 4.99 Å². The van der Waals surface area contributed by atoms with Crippen molar-refractivity contribution >= 4 is 6.21 Å². The van der Waals surface area contributed by atoms with Crippen LogP contribution in [0, 0.1) is 11.6 Å². The number of aliphatic hydroxyl groups is 1. The number of rotatable bonds is 5. The van der Waals surface area contributed by atoms with Crippen LogP contribution in [0.3, 0.4) is 0 Å². The minimum atomic E-state index is -1.62. The van der Waals surface area contributed by atoms with E-state index in [-0.39, 0.29) is 27.2 Å². The van der Waals surface area contributed by atoms with E-state index in [4.69, 9.17) is 0 Å². The van der Waals surface area contributed by atoms with Crippen LogP contribution in [0.4, 0.5) is 8.78 Å². The number of aliphatic imine (C=N–C) groups is 1. The molecule has 0 aliphatic carbocycles. The second-order valence-corrected chi connectivity index (χ2v) is 16.1. The lowest BCUT2D eigenvalue weighted by molar-refractivity contribution is 0.0583. The van der Waals surface area contributed by atoms with Gasteiger partial charge in [-0.05, 0) is 68.0 Å². The fraction of sp³-hybridized carbons (Fsp3) is 0.500. The maximum Gasteiger partial charge on any atom is 0.168 e. The summed E-state index contributed by atoms with van der Waals surface area (Å²) in [7, 11) is 0. The highest BCUT2D eigenvalue weighted by Crippen LogP contribution is 2.42. The summed E-state index contributed by atoms with van der Waals surface area (Å²) in [4.78, 5) is 4.66. The van der Waals surface area contributed by atoms with Crippen LogP contribution in [0.1, 0.15) is 129 Å². The van der Waals surface area contributed by atoms with E-state index in [9.17, 15) is 19.0 Å². The molecule has 0 amide bonds. The molecule has 3 aromatic carbocycles. The minimum absolute atomic E-state index is 0.0932. The van der Waals surface area contributed by atoms with Crippen molar-refractivity contribution in [1.82, 2.24) is 0 Å². The highest BCUT2D eigenvalue weighted by Gasteiger charge is 2.41. The Balaban J connectivity index is 2.45. The highest BCUT2D eigenvalue weighted by molar-refractivity contribution is 5.83. The maximum atomic E-state index is 14.2. The fourth-order valence-electron chi connectivity index (χ4n) is 5.06. The SMILES string of the molecule is CC(N=Cc1cc(F)cc(F)c1O)C(O)(c1cc(C(C)(C)C)cc(C(C)(C)C)c1)c1cc(C(C)(C)C)cc(C(C)(C)C)c1. The van der Waals surface area contributed by atoms with E-state index < -0.39 is 29.0 Å². The van der Waals surface area contributed by atoms with Gasteiger partial charge < -0.3 is 10.2 Å². The average Bonchev–Trinajstić information content (AvgIpc) is 2.86. The van der Waals surface area contributed by atoms with E-state index in [2.05, 4.69) is 124 Å². The number of halogens is 2. The smallest absolute Gasteiger partial charge is 0.168 e. The Morgan fingerprint density at radius 3 is 1.23 bits per heavy atom. The first-order valence-electron chi connectivity index (χ1n) is 15.1. The Kier molecular flexibility index (Phi) is 9.18. The van der Waals surface area contributed by atoms with Gasteiger partial charge in [0.05, 0.1) is 6.04 Å². The van der Waals surface area contributed by atoms with Crippen molar-refractivity contribution in [2.75, 3.05) is 0 Å². The lowest BCUT2D eigenvalue weighted by atomic mass is 9.71. The molecule has 5 heteroatoms. The van der Waals surface area contributed by atoms with E-state index >= 15 is 0 Å². The monoisotopic (exact) mass is 591 g/mol. The van der Waals surface area contributed by atoms with Crippen molar-refractivity contribution in [3.63, 3.8) is 0 Å². The largest absolute Gasteiger partial charge is 0.504 e. The number of phenols is 1. The zero-order valence-electron chi connectivity index (χ0n) is 28.4. The van der Waals surface area contributed by atoms with Crippen LogP contribution in [-0.2, 0) is 27.3 Å². The van der Waals surface area contributed by atoms with Gasteiger partial charge in [-0.3, -0.25) is 4.99 Å². The van der Waals surface area contributed by atoms with Gasteiger partial charge in [-0.15, -0.1) is 0 Å². The van der Waals surface area contributed by atoms with Gasteiger partial charge in [-0.1, -0.05) is 119 Å². The normalized spacial score (nSPS) is 14.4. The molecule has 234 valence electrons. The molecule has 0 aromatic heterocycles. The molecule has 0 aliphatic rings. The summed E-state index contributed by atoms with van der Waals surface area (Å²) in [5, 5.41) is 23.4. The first kappa shape index (κ1) is 34.4. The predicted octanol–water partition coefficient (Wildman–Crippen LogP) is 9.60. The number of aromatic hydroxyl groups is 1. The highest BCUT2D eigenvalue weighted by atomic mass is 19.1. The number of phenolic OH excluding ortho intramolecular Hbond substituents is 1. The first-order valence-corrected chi connectivity index (χ1v) is 15.1. The van der Waals surface area contributed by atoms with Gasteiger partial charge in [-0.25, -0.2) is 8.78 Å². The molecule has 1 atom stereocenters. The van der Waals surface area contributed by atoms with Crippen molar-refractivity contribution in [3.8, 4) is 5.75 Å². The third kappa shape index (κ3) is 7.55. The summed E-state index contributed by atoms with van der Waals surface area (Å²) >= 11 is 0. The van der Waals surface area contributed by atoms with E-state index in [0.29, 0.717) is 17.2 Å². The topological polar surface area (TPSA) is 52.8 Å². The summed E-state index contributed by atoms with van der Waals surface area (Å²) in [6.07, 6.45) is 1.24. The van der Waals surface area contributed by atoms with E-state index in [1.165, 1.54) is 6.21 Å². The Hall–Kier alpha value is -3.05. The molecule has 3 aromatic rings. The van der Waals surface area contributed by atoms with Gasteiger partial charge in [0.1, 0.15) is 11.4 Å². The zero-order valence-corrected chi connectivity index (χ0v) is 28.4. The fourth-order valence-corrected chi connectivity index (χ4v) is 5.06. The van der Waals surface area contributed by atoms with Crippen LogP contribution < -0.4 is 0 Å². The number of benzene rings is 3. The summed E-state index contributed by atoms with van der Waals surface area (Å²) < 4.78 is 28.2. The Morgan fingerprint density at radius 1 is 0.581 bits per heavy atom. The van der Waals surface area contributed by atoms with E-state index in [1.807, 2.05) is 0 Å². The minimum Gasteiger partial charge on any atom is -0.504 e. The molecule has 0 heterocycles. The van der Waals surface area contributed by atoms with Crippen molar-refractivity contribution in [1.29, 1.82) is 0 Å². The molecular weight excluding hydrogens is 540 g/mol. The Labute approximate surface area is 258 Å². The summed E-state index contributed by atoms with van der Waals surface area (Å²) in [5.74, 6) is -2.57. The summed E-state index contributed by atoms with van der Waals surface area (Å²) in [6, 6.07) is 13.5. The quantitative estimate of drug-likeness (QED) is 0.290. The van der Waals surface area contributed by atoms with Crippen LogP contribution in [0.15, 0.2) is 53.5 Å². The summed E-state index contributed by atoms with van der Waals surface area (Å²) in [5.41, 5.74) is 3.20. The number of hydrogen-bond donors (Lipinski definition) is 2. The molecule has 0 spiro atoms. The molecular formula is C38H51F2NO2. The maximum absolute atomic E-state index is 14.2. The molecule has 0 bridgehead atoms. The van der Waals surface area contributed by atoms with Gasteiger partial charge in [-0.2, -0.15) is 0 Å². The van der Waals surface area contributed by atoms with Gasteiger partial charge >= 0.3 is 0 Å². The number of hydrogen-bond acceptors (Lipinski definition) is 3. The lowest BCUT2D eigenvalue weighted by Crippen LogP contribution is -2.39. The van der Waals surface area contributed by atoms with Gasteiger partial charge in [0.25, 0.3) is 0 Å². The number of nitrogens with zero attached hydrogens (tertiary/aromatic N) is 1. The Bertz CT molecular complexity index is 1370. The molecule has 0 aliphatic heterocycles. The lowest BCUT2D eigenvalue weighted by Gasteiger charge is -2.38. The predicted molar refractivity (Wildman–Crippen MR) is 176 cm³/mol. The van der Waals surface area contributed by atoms with Crippen molar-refractivity contribution in [3.05, 3.63) is 99.1 Å². The molecule has 0 saturated carbocycles. The molecule has 3 rings (SSSR count). The molecule has 0 radical (unpaired) electrons. The standard InChI is InChI=1S/C38H51F2NO2/c1-23(41-22-24-14-31(39)21-32(40)33(24)42)38(43,29-17-25(34(2,3)4)15-26(18-29)35(5,6)7)30-19-27(36(8,9)10)16-28(20-30)37(11,12)13/h14-23,42-43H,1-13H3. The van der Waals surface area contributed by atoms with Crippen LogP contribution in [0.25, 0.3) is 0 Å². The van der Waals surface area contributed by atoms with Crippen LogP contribution >= 0.6 is 0 Å². The van der Waals surface area contributed by atoms with Crippen molar-refractivity contribution < 1.29 is 19.0 Å². The van der Waals surface area contributed by atoms with Gasteiger partial charge in [0.15, 0.2) is 11.6 Å². The Morgan fingerprint density at radius 2 is 0.907 bits per heavy atom. The zero-order chi connectivity index (χ0) is 32.9. The van der Waals surface area contributed by atoms with Crippen LogP contribution in [0.5, 0.6) is 5.75 Å². The molecule has 1 unspecified atom stereocenters. The van der Waals surface area contributed by atoms with Crippen LogP contribution in [0.2, 0.25) is 0 Å². The molecule has 43 heavy (non-hydrogen) atoms. The average molecular weight is 592 g/mol.